The number of rotatable bonds is 4. The van der Waals surface area contributed by atoms with Gasteiger partial charge in [-0.05, 0) is 48.6 Å². The number of methoxy groups -OCH3 is 1. The number of anilines is 1. The van der Waals surface area contributed by atoms with E-state index < -0.39 is 0 Å². The van der Waals surface area contributed by atoms with Gasteiger partial charge < -0.3 is 29.3 Å². The predicted molar refractivity (Wildman–Crippen MR) is 113 cm³/mol. The molecular weight excluding hydrogens is 398 g/mol. The quantitative estimate of drug-likeness (QED) is 0.739. The van der Waals surface area contributed by atoms with E-state index in [2.05, 4.69) is 22.3 Å². The molecule has 2 aromatic carbocycles. The van der Waals surface area contributed by atoms with Gasteiger partial charge in [-0.25, -0.2) is 0 Å². The van der Waals surface area contributed by atoms with Crippen molar-refractivity contribution in [3.05, 3.63) is 47.0 Å². The number of nitrogens with zero attached hydrogens (tertiary/aromatic N) is 1. The van der Waals surface area contributed by atoms with Crippen LogP contribution in [0.15, 0.2) is 36.4 Å². The number of fused-ring (bicyclic) bond motifs is 1. The van der Waals surface area contributed by atoms with Crippen molar-refractivity contribution in [3.8, 4) is 17.2 Å². The monoisotopic (exact) mass is 420 g/mol. The number of halogens is 1. The van der Waals surface area contributed by atoms with Crippen LogP contribution in [0.25, 0.3) is 0 Å². The Labute approximate surface area is 174 Å². The molecule has 2 aromatic rings. The van der Waals surface area contributed by atoms with Crippen LogP contribution in [0.1, 0.15) is 5.56 Å². The molecule has 2 aliphatic heterocycles. The van der Waals surface area contributed by atoms with Crippen molar-refractivity contribution in [3.63, 3.8) is 0 Å². The number of benzene rings is 2. The van der Waals surface area contributed by atoms with E-state index in [1.807, 2.05) is 18.2 Å². The maximum atomic E-state index is 6.10. The van der Waals surface area contributed by atoms with E-state index >= 15 is 0 Å². The number of nitrogens with one attached hydrogen (secondary N) is 2. The molecule has 28 heavy (non-hydrogen) atoms. The smallest absolute Gasteiger partial charge is 0.231 e. The third kappa shape index (κ3) is 4.27. The molecule has 0 aromatic heterocycles. The summed E-state index contributed by atoms with van der Waals surface area (Å²) in [5, 5.41) is 4.61. The zero-order chi connectivity index (χ0) is 19.5. The van der Waals surface area contributed by atoms with Crippen molar-refractivity contribution in [1.82, 2.24) is 4.90 Å². The molecule has 0 amide bonds. The molecule has 2 aliphatic rings. The maximum Gasteiger partial charge on any atom is 0.231 e. The van der Waals surface area contributed by atoms with E-state index in [1.165, 1.54) is 10.5 Å². The van der Waals surface area contributed by atoms with Crippen LogP contribution in [-0.4, -0.2) is 50.1 Å². The number of piperazine rings is 1. The van der Waals surface area contributed by atoms with Crippen LogP contribution in [0.5, 0.6) is 17.2 Å². The highest BCUT2D eigenvalue weighted by Crippen LogP contribution is 2.32. The number of ether oxygens (including phenoxy) is 3. The molecule has 0 radical (unpaired) electrons. The number of hydrogen-bond donors (Lipinski definition) is 2. The van der Waals surface area contributed by atoms with E-state index in [9.17, 15) is 0 Å². The van der Waals surface area contributed by atoms with Crippen LogP contribution < -0.4 is 24.4 Å². The SMILES string of the molecule is COc1ccc(Cl)cc1NC(=S)N1CC[NH+](Cc2ccc3c(c2)OCO3)CC1. The zero-order valence-electron chi connectivity index (χ0n) is 15.7. The molecule has 1 fully saturated rings. The summed E-state index contributed by atoms with van der Waals surface area (Å²) in [6.07, 6.45) is 0. The van der Waals surface area contributed by atoms with Crippen molar-refractivity contribution in [2.45, 2.75) is 6.54 Å². The van der Waals surface area contributed by atoms with Crippen LogP contribution >= 0.6 is 23.8 Å². The average molecular weight is 421 g/mol. The summed E-state index contributed by atoms with van der Waals surface area (Å²) < 4.78 is 16.2. The normalized spacial score (nSPS) is 16.1. The largest absolute Gasteiger partial charge is 0.495 e. The fourth-order valence-corrected chi connectivity index (χ4v) is 3.98. The fourth-order valence-electron chi connectivity index (χ4n) is 3.51. The first kappa shape index (κ1) is 19.1. The van der Waals surface area contributed by atoms with Crippen molar-refractivity contribution in [2.24, 2.45) is 0 Å². The average Bonchev–Trinajstić information content (AvgIpc) is 3.16. The highest BCUT2D eigenvalue weighted by atomic mass is 35.5. The molecule has 0 bridgehead atoms. The molecular formula is C20H23ClN3O3S+. The number of thiocarbonyl (C=S) groups is 1. The van der Waals surface area contributed by atoms with Gasteiger partial charge in [0.1, 0.15) is 12.3 Å². The highest BCUT2D eigenvalue weighted by Gasteiger charge is 2.23. The lowest BCUT2D eigenvalue weighted by molar-refractivity contribution is -0.917. The Morgan fingerprint density at radius 2 is 1.96 bits per heavy atom. The zero-order valence-corrected chi connectivity index (χ0v) is 17.2. The van der Waals surface area contributed by atoms with Gasteiger partial charge in [0.15, 0.2) is 16.6 Å². The van der Waals surface area contributed by atoms with Gasteiger partial charge in [0.05, 0.1) is 39.0 Å². The van der Waals surface area contributed by atoms with Crippen LogP contribution in [0.4, 0.5) is 5.69 Å². The molecule has 0 spiro atoms. The minimum atomic E-state index is 0.312. The van der Waals surface area contributed by atoms with Gasteiger partial charge in [-0.2, -0.15) is 0 Å². The standard InChI is InChI=1S/C20H22ClN3O3S/c1-25-17-5-3-15(21)11-16(17)22-20(28)24-8-6-23(7-9-24)12-14-2-4-18-19(10-14)27-13-26-18/h2-5,10-11H,6-9,12-13H2,1H3,(H,22,28)/p+1. The van der Waals surface area contributed by atoms with Crippen molar-refractivity contribution >= 4 is 34.6 Å². The van der Waals surface area contributed by atoms with Crippen LogP contribution in [-0.2, 0) is 6.54 Å². The second-order valence-electron chi connectivity index (χ2n) is 6.88. The lowest BCUT2D eigenvalue weighted by Gasteiger charge is -2.34. The summed E-state index contributed by atoms with van der Waals surface area (Å²) in [5.41, 5.74) is 2.05. The van der Waals surface area contributed by atoms with Gasteiger partial charge in [-0.1, -0.05) is 11.6 Å². The molecule has 0 unspecified atom stereocenters. The Balaban J connectivity index is 1.31. The first-order chi connectivity index (χ1) is 13.6. The third-order valence-electron chi connectivity index (χ3n) is 5.05. The van der Waals surface area contributed by atoms with Crippen molar-refractivity contribution < 1.29 is 19.1 Å². The molecule has 4 rings (SSSR count). The highest BCUT2D eigenvalue weighted by molar-refractivity contribution is 7.80. The van der Waals surface area contributed by atoms with Gasteiger partial charge >= 0.3 is 0 Å². The second kappa shape index (κ2) is 8.43. The Kier molecular flexibility index (Phi) is 5.75. The van der Waals surface area contributed by atoms with E-state index in [1.54, 1.807) is 13.2 Å². The Morgan fingerprint density at radius 3 is 2.75 bits per heavy atom. The van der Waals surface area contributed by atoms with Crippen LogP contribution in [0.3, 0.4) is 0 Å². The van der Waals surface area contributed by atoms with E-state index in [-0.39, 0.29) is 0 Å². The van der Waals surface area contributed by atoms with Gasteiger partial charge in [0, 0.05) is 10.6 Å². The molecule has 0 atom stereocenters. The molecule has 8 heteroatoms. The van der Waals surface area contributed by atoms with Gasteiger partial charge in [0.25, 0.3) is 0 Å². The fraction of sp³-hybridized carbons (Fsp3) is 0.350. The Morgan fingerprint density at radius 1 is 1.18 bits per heavy atom. The third-order valence-corrected chi connectivity index (χ3v) is 5.65. The van der Waals surface area contributed by atoms with Crippen LogP contribution in [0.2, 0.25) is 5.02 Å². The summed E-state index contributed by atoms with van der Waals surface area (Å²) in [4.78, 5) is 3.72. The van der Waals surface area contributed by atoms with Crippen molar-refractivity contribution in [1.29, 1.82) is 0 Å². The number of quaternary nitrogens is 1. The lowest BCUT2D eigenvalue weighted by Crippen LogP contribution is -3.13. The summed E-state index contributed by atoms with van der Waals surface area (Å²) in [5.74, 6) is 2.40. The molecule has 2 N–H and O–H groups in total. The minimum Gasteiger partial charge on any atom is -0.495 e. The van der Waals surface area contributed by atoms with Gasteiger partial charge in [-0.15, -0.1) is 0 Å². The first-order valence-corrected chi connectivity index (χ1v) is 10.0. The maximum absolute atomic E-state index is 6.10. The summed E-state index contributed by atoms with van der Waals surface area (Å²) >= 11 is 11.7. The summed E-state index contributed by atoms with van der Waals surface area (Å²) in [7, 11) is 1.63. The van der Waals surface area contributed by atoms with Gasteiger partial charge in [0.2, 0.25) is 6.79 Å². The van der Waals surface area contributed by atoms with Crippen molar-refractivity contribution in [2.75, 3.05) is 45.4 Å². The molecule has 2 heterocycles. The molecule has 6 nitrogen and oxygen atoms in total. The van der Waals surface area contributed by atoms with E-state index in [0.29, 0.717) is 16.9 Å². The molecule has 0 saturated carbocycles. The van der Waals surface area contributed by atoms with E-state index in [4.69, 9.17) is 38.0 Å². The molecule has 1 saturated heterocycles. The number of hydrogen-bond acceptors (Lipinski definition) is 4. The van der Waals surface area contributed by atoms with Gasteiger partial charge in [-0.3, -0.25) is 0 Å². The summed E-state index contributed by atoms with van der Waals surface area (Å²) in [6.45, 7) is 5.11. The Hall–Kier alpha value is -2.22. The summed E-state index contributed by atoms with van der Waals surface area (Å²) in [6, 6.07) is 11.6. The predicted octanol–water partition coefficient (Wildman–Crippen LogP) is 2.17. The van der Waals surface area contributed by atoms with Crippen LogP contribution in [0, 0.1) is 0 Å². The first-order valence-electron chi connectivity index (χ1n) is 9.24. The second-order valence-corrected chi connectivity index (χ2v) is 7.70. The molecule has 148 valence electrons. The lowest BCUT2D eigenvalue weighted by atomic mass is 10.1. The molecule has 0 aliphatic carbocycles. The topological polar surface area (TPSA) is 47.4 Å². The Bertz CT molecular complexity index is 872. The minimum absolute atomic E-state index is 0.312. The van der Waals surface area contributed by atoms with E-state index in [0.717, 1.165) is 55.7 Å².